The van der Waals surface area contributed by atoms with Gasteiger partial charge in [-0.05, 0) is 72.0 Å². The van der Waals surface area contributed by atoms with E-state index in [1.165, 1.54) is 10.1 Å². The van der Waals surface area contributed by atoms with Crippen LogP contribution in [0, 0.1) is 0 Å². The maximum atomic E-state index is 6.70. The first-order chi connectivity index (χ1) is 10.1. The van der Waals surface area contributed by atoms with Gasteiger partial charge in [0.2, 0.25) is 0 Å². The second-order valence-corrected chi connectivity index (χ2v) is 7.59. The lowest BCUT2D eigenvalue weighted by atomic mass is 10.0. The van der Waals surface area contributed by atoms with Gasteiger partial charge in [-0.3, -0.25) is 0 Å². The van der Waals surface area contributed by atoms with Crippen molar-refractivity contribution in [3.63, 3.8) is 0 Å². The largest absolute Gasteiger partial charge is 0.496 e. The van der Waals surface area contributed by atoms with Crippen LogP contribution >= 0.6 is 54.8 Å². The molecule has 108 valence electrons. The summed E-state index contributed by atoms with van der Waals surface area (Å²) in [5.74, 6) is 0.806. The lowest BCUT2D eigenvalue weighted by Gasteiger charge is -2.12. The van der Waals surface area contributed by atoms with E-state index in [-0.39, 0.29) is 5.38 Å². The fourth-order valence-corrected chi connectivity index (χ4v) is 4.86. The fraction of sp³-hybridized carbons (Fsp3) is 0.125. The lowest BCUT2D eigenvalue weighted by Crippen LogP contribution is -1.93. The van der Waals surface area contributed by atoms with Gasteiger partial charge in [-0.2, -0.15) is 0 Å². The standard InChI is InChI=1S/C16H11Br2ClOS/c1-20-14-6-5-9(7-13(14)18)15(19)11-8-21-16-10(11)3-2-4-12(16)17/h2-8,15H,1H3. The van der Waals surface area contributed by atoms with E-state index in [1.807, 2.05) is 24.3 Å². The van der Waals surface area contributed by atoms with Crippen LogP contribution in [0.3, 0.4) is 0 Å². The molecule has 2 aromatic carbocycles. The van der Waals surface area contributed by atoms with Crippen LogP contribution < -0.4 is 4.74 Å². The van der Waals surface area contributed by atoms with E-state index < -0.39 is 0 Å². The highest BCUT2D eigenvalue weighted by Gasteiger charge is 2.17. The number of hydrogen-bond donors (Lipinski definition) is 0. The summed E-state index contributed by atoms with van der Waals surface area (Å²) in [6, 6.07) is 12.1. The van der Waals surface area contributed by atoms with Crippen LogP contribution in [0.15, 0.2) is 50.7 Å². The van der Waals surface area contributed by atoms with Gasteiger partial charge in [-0.25, -0.2) is 0 Å². The number of halogens is 3. The Morgan fingerprint density at radius 2 is 1.95 bits per heavy atom. The van der Waals surface area contributed by atoms with Crippen molar-refractivity contribution >= 4 is 64.9 Å². The molecule has 0 saturated carbocycles. The molecule has 3 aromatic rings. The van der Waals surface area contributed by atoms with Gasteiger partial charge in [0.05, 0.1) is 17.0 Å². The summed E-state index contributed by atoms with van der Waals surface area (Å²) in [4.78, 5) is 0. The molecule has 0 fully saturated rings. The Kier molecular flexibility index (Phi) is 4.60. The predicted octanol–water partition coefficient (Wildman–Crippen LogP) is 6.76. The quantitative estimate of drug-likeness (QED) is 0.404. The van der Waals surface area contributed by atoms with Gasteiger partial charge >= 0.3 is 0 Å². The highest BCUT2D eigenvalue weighted by molar-refractivity contribution is 9.11. The third kappa shape index (κ3) is 2.87. The van der Waals surface area contributed by atoms with E-state index in [2.05, 4.69) is 49.4 Å². The zero-order chi connectivity index (χ0) is 15.0. The van der Waals surface area contributed by atoms with E-state index in [9.17, 15) is 0 Å². The fourth-order valence-electron chi connectivity index (χ4n) is 2.26. The first-order valence-electron chi connectivity index (χ1n) is 6.25. The molecule has 1 unspecified atom stereocenters. The number of methoxy groups -OCH3 is 1. The van der Waals surface area contributed by atoms with Crippen molar-refractivity contribution in [1.29, 1.82) is 0 Å². The average Bonchev–Trinajstić information content (AvgIpc) is 2.92. The molecule has 1 aromatic heterocycles. The number of thiophene rings is 1. The highest BCUT2D eigenvalue weighted by atomic mass is 79.9. The Bertz CT molecular complexity index is 800. The minimum absolute atomic E-state index is 0.185. The molecular formula is C16H11Br2ClOS. The van der Waals surface area contributed by atoms with Crippen molar-refractivity contribution in [2.45, 2.75) is 5.38 Å². The maximum Gasteiger partial charge on any atom is 0.133 e. The third-order valence-corrected chi connectivity index (χ3v) is 6.40. The Morgan fingerprint density at radius 1 is 1.14 bits per heavy atom. The second-order valence-electron chi connectivity index (χ2n) is 4.56. The Labute approximate surface area is 149 Å². The smallest absolute Gasteiger partial charge is 0.133 e. The highest BCUT2D eigenvalue weighted by Crippen LogP contribution is 2.41. The summed E-state index contributed by atoms with van der Waals surface area (Å²) < 4.78 is 8.51. The van der Waals surface area contributed by atoms with Crippen LogP contribution in [0.2, 0.25) is 0 Å². The van der Waals surface area contributed by atoms with Gasteiger partial charge in [-0.15, -0.1) is 22.9 Å². The number of hydrogen-bond acceptors (Lipinski definition) is 2. The minimum atomic E-state index is -0.185. The summed E-state index contributed by atoms with van der Waals surface area (Å²) in [5.41, 5.74) is 2.18. The molecule has 0 N–H and O–H groups in total. The zero-order valence-corrected chi connectivity index (χ0v) is 15.8. The predicted molar refractivity (Wildman–Crippen MR) is 97.9 cm³/mol. The number of benzene rings is 2. The summed E-state index contributed by atoms with van der Waals surface area (Å²) in [6.07, 6.45) is 0. The van der Waals surface area contributed by atoms with E-state index >= 15 is 0 Å². The van der Waals surface area contributed by atoms with Crippen LogP contribution in [0.1, 0.15) is 16.5 Å². The summed E-state index contributed by atoms with van der Waals surface area (Å²) in [7, 11) is 1.65. The van der Waals surface area contributed by atoms with Crippen LogP contribution in [0.5, 0.6) is 5.75 Å². The van der Waals surface area contributed by atoms with Crippen molar-refractivity contribution in [2.75, 3.05) is 7.11 Å². The van der Waals surface area contributed by atoms with E-state index in [1.54, 1.807) is 18.4 Å². The molecule has 3 rings (SSSR count). The van der Waals surface area contributed by atoms with E-state index in [0.29, 0.717) is 0 Å². The molecule has 0 aliphatic heterocycles. The SMILES string of the molecule is COc1ccc(C(Cl)c2csc3c(Br)cccc23)cc1Br. The van der Waals surface area contributed by atoms with Gasteiger partial charge < -0.3 is 4.74 Å². The molecular weight excluding hydrogens is 436 g/mol. The topological polar surface area (TPSA) is 9.23 Å². The van der Waals surface area contributed by atoms with Crippen molar-refractivity contribution in [2.24, 2.45) is 0 Å². The first-order valence-corrected chi connectivity index (χ1v) is 9.15. The normalized spacial score (nSPS) is 12.6. The maximum absolute atomic E-state index is 6.70. The molecule has 1 atom stereocenters. The molecule has 0 amide bonds. The van der Waals surface area contributed by atoms with Crippen molar-refractivity contribution in [1.82, 2.24) is 0 Å². The summed E-state index contributed by atoms with van der Waals surface area (Å²) in [6.45, 7) is 0. The molecule has 0 radical (unpaired) electrons. The van der Waals surface area contributed by atoms with Crippen LogP contribution in [0.4, 0.5) is 0 Å². The van der Waals surface area contributed by atoms with Crippen LogP contribution in [0.25, 0.3) is 10.1 Å². The molecule has 0 aliphatic rings. The van der Waals surface area contributed by atoms with Crippen molar-refractivity contribution in [3.8, 4) is 5.75 Å². The van der Waals surface area contributed by atoms with E-state index in [4.69, 9.17) is 16.3 Å². The zero-order valence-electron chi connectivity index (χ0n) is 11.1. The number of ether oxygens (including phenoxy) is 1. The average molecular weight is 447 g/mol. The number of rotatable bonds is 3. The number of fused-ring (bicyclic) bond motifs is 1. The molecule has 21 heavy (non-hydrogen) atoms. The third-order valence-electron chi connectivity index (χ3n) is 3.32. The summed E-state index contributed by atoms with van der Waals surface area (Å²) in [5, 5.41) is 3.14. The van der Waals surface area contributed by atoms with Crippen LogP contribution in [-0.4, -0.2) is 7.11 Å². The van der Waals surface area contributed by atoms with Crippen molar-refractivity contribution < 1.29 is 4.74 Å². The van der Waals surface area contributed by atoms with Crippen molar-refractivity contribution in [3.05, 3.63) is 61.9 Å². The summed E-state index contributed by atoms with van der Waals surface area (Å²) >= 11 is 15.5. The molecule has 1 heterocycles. The minimum Gasteiger partial charge on any atom is -0.496 e. The molecule has 0 aliphatic carbocycles. The first kappa shape index (κ1) is 15.3. The molecule has 5 heteroatoms. The molecule has 0 bridgehead atoms. The molecule has 0 spiro atoms. The van der Waals surface area contributed by atoms with Gasteiger partial charge in [0.25, 0.3) is 0 Å². The van der Waals surface area contributed by atoms with Crippen LogP contribution in [-0.2, 0) is 0 Å². The number of alkyl halides is 1. The monoisotopic (exact) mass is 444 g/mol. The van der Waals surface area contributed by atoms with Gasteiger partial charge in [0.15, 0.2) is 0 Å². The van der Waals surface area contributed by atoms with Gasteiger partial charge in [0.1, 0.15) is 5.75 Å². The Morgan fingerprint density at radius 3 is 2.67 bits per heavy atom. The van der Waals surface area contributed by atoms with E-state index in [0.717, 1.165) is 25.8 Å². The Balaban J connectivity index is 2.06. The second kappa shape index (κ2) is 6.29. The van der Waals surface area contributed by atoms with Gasteiger partial charge in [0, 0.05) is 9.17 Å². The Hall–Kier alpha value is -0.550. The lowest BCUT2D eigenvalue weighted by molar-refractivity contribution is 0.412. The molecule has 0 saturated heterocycles. The molecule has 1 nitrogen and oxygen atoms in total. The van der Waals surface area contributed by atoms with Gasteiger partial charge in [-0.1, -0.05) is 18.2 Å².